The van der Waals surface area contributed by atoms with Crippen molar-refractivity contribution < 1.29 is 65.8 Å². The molecule has 1 N–H and O–H groups in total. The normalized spacial score (nSPS) is 20.8. The Balaban J connectivity index is 0. The van der Waals surface area contributed by atoms with E-state index in [2.05, 4.69) is 0 Å². The smallest absolute Gasteiger partial charge is 1.00 e. The van der Waals surface area contributed by atoms with Gasteiger partial charge < -0.3 is 1.43 Å². The van der Waals surface area contributed by atoms with Crippen molar-refractivity contribution in [3.05, 3.63) is 0 Å². The zero-order valence-corrected chi connectivity index (χ0v) is 10.7. The third-order valence-electron chi connectivity index (χ3n) is 1.97. The molecule has 3 nitrogen and oxygen atoms in total. The summed E-state index contributed by atoms with van der Waals surface area (Å²) in [5.74, 6) is 0. The molecule has 0 spiro atoms. The Labute approximate surface area is 112 Å². The molecule has 1 aliphatic rings. The fourth-order valence-electron chi connectivity index (χ4n) is 1.36. The number of hydrogen-bond acceptors (Lipinski definition) is 2. The zero-order chi connectivity index (χ0) is 7.61. The SMILES string of the molecule is O=S(=O)(O)C1CCCCC1.[H-].[K+]. The predicted molar refractivity (Wildman–Crippen MR) is 39.5 cm³/mol. The maximum Gasteiger partial charge on any atom is 1.00 e. The van der Waals surface area contributed by atoms with E-state index >= 15 is 0 Å². The van der Waals surface area contributed by atoms with Crippen LogP contribution in [-0.2, 0) is 10.1 Å². The van der Waals surface area contributed by atoms with Crippen molar-refractivity contribution in [1.29, 1.82) is 0 Å². The van der Waals surface area contributed by atoms with E-state index in [4.69, 9.17) is 4.55 Å². The molecule has 0 aromatic rings. The summed E-state index contributed by atoms with van der Waals surface area (Å²) in [4.78, 5) is 0. The molecule has 1 saturated carbocycles. The second-order valence-electron chi connectivity index (χ2n) is 2.77. The molecule has 0 bridgehead atoms. The third-order valence-corrected chi connectivity index (χ3v) is 3.29. The Morgan fingerprint density at radius 2 is 1.64 bits per heavy atom. The van der Waals surface area contributed by atoms with E-state index in [1.54, 1.807) is 0 Å². The van der Waals surface area contributed by atoms with E-state index in [-0.39, 0.29) is 52.8 Å². The molecule has 0 atom stereocenters. The van der Waals surface area contributed by atoms with Crippen LogP contribution in [0.5, 0.6) is 0 Å². The summed E-state index contributed by atoms with van der Waals surface area (Å²) in [6, 6.07) is 0. The number of rotatable bonds is 1. The first-order valence-electron chi connectivity index (χ1n) is 3.57. The van der Waals surface area contributed by atoms with Gasteiger partial charge in [0, 0.05) is 0 Å². The third kappa shape index (κ3) is 4.35. The van der Waals surface area contributed by atoms with Crippen molar-refractivity contribution in [2.75, 3.05) is 0 Å². The maximum atomic E-state index is 10.5. The van der Waals surface area contributed by atoms with Crippen LogP contribution in [0.15, 0.2) is 0 Å². The summed E-state index contributed by atoms with van der Waals surface area (Å²) in [6.07, 6.45) is 4.25. The maximum absolute atomic E-state index is 10.5. The van der Waals surface area contributed by atoms with Crippen LogP contribution >= 0.6 is 0 Å². The van der Waals surface area contributed by atoms with Gasteiger partial charge in [-0.3, -0.25) is 4.55 Å². The van der Waals surface area contributed by atoms with Crippen LogP contribution < -0.4 is 51.4 Å². The van der Waals surface area contributed by atoms with Crippen LogP contribution in [-0.4, -0.2) is 18.2 Å². The van der Waals surface area contributed by atoms with Gasteiger partial charge in [-0.2, -0.15) is 8.42 Å². The summed E-state index contributed by atoms with van der Waals surface area (Å²) in [6.45, 7) is 0. The first kappa shape index (κ1) is 12.5. The Morgan fingerprint density at radius 3 is 1.91 bits per heavy atom. The molecular formula is C6H13KO3S. The second-order valence-corrected chi connectivity index (χ2v) is 4.47. The molecule has 0 aromatic heterocycles. The summed E-state index contributed by atoms with van der Waals surface area (Å²) >= 11 is 0. The van der Waals surface area contributed by atoms with Gasteiger partial charge in [-0.15, -0.1) is 0 Å². The molecule has 1 aliphatic carbocycles. The van der Waals surface area contributed by atoms with Crippen molar-refractivity contribution in [1.82, 2.24) is 0 Å². The van der Waals surface area contributed by atoms with Crippen LogP contribution in [0.2, 0.25) is 0 Å². The first-order valence-corrected chi connectivity index (χ1v) is 5.07. The quantitative estimate of drug-likeness (QED) is 0.410. The van der Waals surface area contributed by atoms with Gasteiger partial charge in [0.2, 0.25) is 0 Å². The minimum Gasteiger partial charge on any atom is -1.00 e. The summed E-state index contributed by atoms with van der Waals surface area (Å²) in [7, 11) is -3.73. The van der Waals surface area contributed by atoms with E-state index in [0.29, 0.717) is 12.8 Å². The summed E-state index contributed by atoms with van der Waals surface area (Å²) < 4.78 is 29.7. The molecule has 0 unspecified atom stereocenters. The fraction of sp³-hybridized carbons (Fsp3) is 1.00. The van der Waals surface area contributed by atoms with Gasteiger partial charge in [-0.25, -0.2) is 0 Å². The van der Waals surface area contributed by atoms with Crippen LogP contribution in [0, 0.1) is 0 Å². The Hall–Kier alpha value is 1.55. The van der Waals surface area contributed by atoms with Crippen molar-refractivity contribution in [3.8, 4) is 0 Å². The largest absolute Gasteiger partial charge is 1.00 e. The van der Waals surface area contributed by atoms with Gasteiger partial charge >= 0.3 is 51.4 Å². The Bertz CT molecular complexity index is 199. The van der Waals surface area contributed by atoms with Crippen molar-refractivity contribution in [3.63, 3.8) is 0 Å². The average Bonchev–Trinajstić information content (AvgIpc) is 1.88. The minimum atomic E-state index is -3.73. The molecule has 5 heteroatoms. The first-order chi connectivity index (χ1) is 4.61. The topological polar surface area (TPSA) is 54.4 Å². The zero-order valence-electron chi connectivity index (χ0n) is 7.78. The molecule has 1 rings (SSSR count). The molecule has 11 heavy (non-hydrogen) atoms. The van der Waals surface area contributed by atoms with E-state index < -0.39 is 15.4 Å². The van der Waals surface area contributed by atoms with Crippen LogP contribution in [0.25, 0.3) is 0 Å². The molecule has 1 fully saturated rings. The Kier molecular flexibility index (Phi) is 6.06. The van der Waals surface area contributed by atoms with E-state index in [0.717, 1.165) is 19.3 Å². The van der Waals surface area contributed by atoms with Gasteiger partial charge in [-0.1, -0.05) is 19.3 Å². The Morgan fingerprint density at radius 1 is 1.18 bits per heavy atom. The molecule has 62 valence electrons. The number of hydrogen-bond donors (Lipinski definition) is 1. The fourth-order valence-corrected chi connectivity index (χ4v) is 2.29. The van der Waals surface area contributed by atoms with Crippen molar-refractivity contribution in [2.24, 2.45) is 0 Å². The van der Waals surface area contributed by atoms with Crippen LogP contribution in [0.1, 0.15) is 33.5 Å². The average molecular weight is 204 g/mol. The summed E-state index contributed by atoms with van der Waals surface area (Å²) in [5, 5.41) is -0.471. The minimum absolute atomic E-state index is 0. The molecular weight excluding hydrogens is 191 g/mol. The van der Waals surface area contributed by atoms with Gasteiger partial charge in [0.15, 0.2) is 0 Å². The van der Waals surface area contributed by atoms with E-state index in [9.17, 15) is 8.42 Å². The van der Waals surface area contributed by atoms with Gasteiger partial charge in [0.05, 0.1) is 5.25 Å². The standard InChI is InChI=1S/C6H12O3S.K.H/c7-10(8,9)6-4-2-1-3-5-6;;/h6H,1-5H2,(H,7,8,9);;/q;+1;-1. The van der Waals surface area contributed by atoms with Gasteiger partial charge in [0.25, 0.3) is 10.1 Å². The molecule has 0 aromatic carbocycles. The van der Waals surface area contributed by atoms with Gasteiger partial charge in [-0.05, 0) is 12.8 Å². The van der Waals surface area contributed by atoms with Crippen LogP contribution in [0.4, 0.5) is 0 Å². The van der Waals surface area contributed by atoms with Crippen molar-refractivity contribution >= 4 is 10.1 Å². The molecule has 0 saturated heterocycles. The van der Waals surface area contributed by atoms with Crippen molar-refractivity contribution in [2.45, 2.75) is 37.4 Å². The van der Waals surface area contributed by atoms with E-state index in [1.807, 2.05) is 0 Å². The monoisotopic (exact) mass is 204 g/mol. The summed E-state index contributed by atoms with van der Waals surface area (Å²) in [5.41, 5.74) is 0. The van der Waals surface area contributed by atoms with Gasteiger partial charge in [0.1, 0.15) is 0 Å². The molecule has 0 amide bonds. The second kappa shape index (κ2) is 5.31. The molecule has 0 radical (unpaired) electrons. The molecule has 0 aliphatic heterocycles. The predicted octanol–water partition coefficient (Wildman–Crippen LogP) is -1.68. The van der Waals surface area contributed by atoms with Crippen LogP contribution in [0.3, 0.4) is 0 Å². The van der Waals surface area contributed by atoms with E-state index in [1.165, 1.54) is 0 Å². The molecule has 0 heterocycles.